The predicted molar refractivity (Wildman–Crippen MR) is 171 cm³/mol. The molecule has 48 heavy (non-hydrogen) atoms. The summed E-state index contributed by atoms with van der Waals surface area (Å²) in [6.07, 6.45) is -3.61. The molecule has 1 amide bonds. The number of amides is 1. The van der Waals surface area contributed by atoms with Gasteiger partial charge in [-0.25, -0.2) is 18.7 Å². The second kappa shape index (κ2) is 14.6. The number of benzene rings is 1. The molecule has 3 fully saturated rings. The number of carbonyl (C=O) groups is 1. The quantitative estimate of drug-likeness (QED) is 0.328. The zero-order valence-corrected chi connectivity index (χ0v) is 26.8. The third-order valence-electron chi connectivity index (χ3n) is 9.00. The number of nitrogens with zero attached hydrogens (tertiary/aromatic N) is 7. The first-order valence-electron chi connectivity index (χ1n) is 15.9. The zero-order chi connectivity index (χ0) is 33.8. The molecule has 3 aliphatic rings. The minimum atomic E-state index is -3.13. The van der Waals surface area contributed by atoms with Gasteiger partial charge in [-0.2, -0.15) is 10.2 Å². The first-order valence-corrected chi connectivity index (χ1v) is 15.9. The lowest BCUT2D eigenvalue weighted by Crippen LogP contribution is -2.59. The number of anilines is 3. The van der Waals surface area contributed by atoms with Gasteiger partial charge in [-0.3, -0.25) is 9.69 Å². The molecule has 3 aromatic rings. The molecule has 2 aromatic heterocycles. The van der Waals surface area contributed by atoms with Crippen molar-refractivity contribution in [3.05, 3.63) is 48.3 Å². The van der Waals surface area contributed by atoms with Crippen molar-refractivity contribution in [3.8, 4) is 29.0 Å². The molecule has 6 rings (SSSR count). The average Bonchev–Trinajstić information content (AvgIpc) is 3.07. The molecule has 1 aromatic carbocycles. The van der Waals surface area contributed by atoms with E-state index in [1.165, 1.54) is 11.2 Å². The molecular weight excluding hydrogens is 626 g/mol. The molecular formula is C33H38F2N8O5. The Kier molecular flexibility index (Phi) is 10.1. The van der Waals surface area contributed by atoms with Crippen LogP contribution in [0, 0.1) is 11.3 Å². The Morgan fingerprint density at radius 2 is 1.90 bits per heavy atom. The SMILES string of the molecule is COc1nc(Nc2cc(-c3ccc(OC4CCN(C(=O)[C@@H](O)C(F)F)CC4)c(C#N)c3)ncn2)ccc1N1CCN(C2COC2)C[C@@H]1C. The number of carbonyl (C=O) groups excluding carboxylic acids is 1. The summed E-state index contributed by atoms with van der Waals surface area (Å²) in [7, 11) is 1.61. The van der Waals surface area contributed by atoms with Crippen molar-refractivity contribution in [3.63, 3.8) is 0 Å². The van der Waals surface area contributed by atoms with Crippen LogP contribution < -0.4 is 19.7 Å². The van der Waals surface area contributed by atoms with Gasteiger partial charge in [0, 0.05) is 63.2 Å². The maximum Gasteiger partial charge on any atom is 0.273 e. The van der Waals surface area contributed by atoms with Crippen molar-refractivity contribution in [2.45, 2.75) is 50.5 Å². The molecule has 2 atom stereocenters. The van der Waals surface area contributed by atoms with E-state index in [0.29, 0.717) is 59.0 Å². The van der Waals surface area contributed by atoms with Crippen LogP contribution in [0.4, 0.5) is 26.1 Å². The van der Waals surface area contributed by atoms with Gasteiger partial charge in [0.25, 0.3) is 12.3 Å². The normalized spacial score (nSPS) is 19.8. The van der Waals surface area contributed by atoms with Gasteiger partial charge in [-0.1, -0.05) is 0 Å². The van der Waals surface area contributed by atoms with E-state index < -0.39 is 18.4 Å². The fourth-order valence-electron chi connectivity index (χ4n) is 6.24. The Balaban J connectivity index is 1.09. The van der Waals surface area contributed by atoms with Crippen LogP contribution in [0.1, 0.15) is 25.3 Å². The number of nitriles is 1. The van der Waals surface area contributed by atoms with E-state index in [-0.39, 0.29) is 25.2 Å². The van der Waals surface area contributed by atoms with Crippen molar-refractivity contribution >= 4 is 23.2 Å². The Morgan fingerprint density at radius 3 is 2.56 bits per heavy atom. The second-order valence-electron chi connectivity index (χ2n) is 12.1. The Morgan fingerprint density at radius 1 is 1.10 bits per heavy atom. The number of rotatable bonds is 10. The number of hydrogen-bond donors (Lipinski definition) is 2. The lowest BCUT2D eigenvalue weighted by molar-refractivity contribution is -0.150. The van der Waals surface area contributed by atoms with Gasteiger partial charge in [-0.05, 0) is 37.3 Å². The van der Waals surface area contributed by atoms with E-state index in [0.717, 1.165) is 38.5 Å². The van der Waals surface area contributed by atoms with E-state index >= 15 is 0 Å². The fraction of sp³-hybridized carbons (Fsp3) is 0.485. The number of piperazine rings is 1. The van der Waals surface area contributed by atoms with Gasteiger partial charge in [0.2, 0.25) is 5.88 Å². The number of aromatic nitrogens is 3. The lowest BCUT2D eigenvalue weighted by Gasteiger charge is -2.46. The summed E-state index contributed by atoms with van der Waals surface area (Å²) in [5, 5.41) is 22.5. The van der Waals surface area contributed by atoms with Gasteiger partial charge in [0.15, 0.2) is 6.10 Å². The third-order valence-corrected chi connectivity index (χ3v) is 9.00. The number of nitrogens with one attached hydrogen (secondary N) is 1. The summed E-state index contributed by atoms with van der Waals surface area (Å²) in [6.45, 7) is 6.90. The van der Waals surface area contributed by atoms with Crippen LogP contribution in [0.25, 0.3) is 11.3 Å². The van der Waals surface area contributed by atoms with Crippen LogP contribution >= 0.6 is 0 Å². The van der Waals surface area contributed by atoms with E-state index in [4.69, 9.17) is 19.2 Å². The highest BCUT2D eigenvalue weighted by Crippen LogP contribution is 2.33. The highest BCUT2D eigenvalue weighted by atomic mass is 19.3. The number of halogens is 2. The molecule has 15 heteroatoms. The number of ether oxygens (including phenoxy) is 3. The van der Waals surface area contributed by atoms with Crippen LogP contribution in [0.3, 0.4) is 0 Å². The van der Waals surface area contributed by atoms with E-state index in [2.05, 4.69) is 38.1 Å². The van der Waals surface area contributed by atoms with Crippen molar-refractivity contribution in [2.75, 3.05) is 63.3 Å². The Bertz CT molecular complexity index is 1650. The first-order chi connectivity index (χ1) is 23.2. The number of pyridine rings is 1. The van der Waals surface area contributed by atoms with Gasteiger partial charge in [-0.15, -0.1) is 0 Å². The number of methoxy groups -OCH3 is 1. The van der Waals surface area contributed by atoms with E-state index in [1.54, 1.807) is 31.4 Å². The molecule has 13 nitrogen and oxygen atoms in total. The van der Waals surface area contributed by atoms with Gasteiger partial charge in [0.1, 0.15) is 41.6 Å². The molecule has 0 bridgehead atoms. The van der Waals surface area contributed by atoms with Crippen molar-refractivity contribution < 1.29 is 32.9 Å². The van der Waals surface area contributed by atoms with Crippen LogP contribution in [0.2, 0.25) is 0 Å². The zero-order valence-electron chi connectivity index (χ0n) is 26.8. The lowest BCUT2D eigenvalue weighted by atomic mass is 10.1. The highest BCUT2D eigenvalue weighted by Gasteiger charge is 2.34. The number of piperidine rings is 1. The maximum atomic E-state index is 12.7. The Hall–Kier alpha value is -4.65. The van der Waals surface area contributed by atoms with Crippen molar-refractivity contribution in [1.82, 2.24) is 24.8 Å². The molecule has 0 spiro atoms. The molecule has 0 saturated carbocycles. The van der Waals surface area contributed by atoms with Crippen molar-refractivity contribution in [1.29, 1.82) is 5.26 Å². The van der Waals surface area contributed by atoms with Gasteiger partial charge in [0.05, 0.1) is 37.6 Å². The molecule has 3 saturated heterocycles. The predicted octanol–water partition coefficient (Wildman–Crippen LogP) is 3.07. The smallest absolute Gasteiger partial charge is 0.273 e. The number of aliphatic hydroxyl groups excluding tert-OH is 1. The summed E-state index contributed by atoms with van der Waals surface area (Å²) in [5.74, 6) is 0.949. The summed E-state index contributed by atoms with van der Waals surface area (Å²) < 4.78 is 42.6. The average molecular weight is 665 g/mol. The molecule has 0 radical (unpaired) electrons. The van der Waals surface area contributed by atoms with Crippen LogP contribution in [-0.4, -0.2) is 120 Å². The van der Waals surface area contributed by atoms with Crippen molar-refractivity contribution in [2.24, 2.45) is 0 Å². The molecule has 254 valence electrons. The largest absolute Gasteiger partial charge is 0.489 e. The summed E-state index contributed by atoms with van der Waals surface area (Å²) in [5.41, 5.74) is 2.48. The van der Waals surface area contributed by atoms with Gasteiger partial charge < -0.3 is 34.4 Å². The molecule has 0 unspecified atom stereocenters. The first kappa shape index (κ1) is 33.3. The number of likely N-dealkylation sites (tertiary alicyclic amines) is 1. The standard InChI is InChI=1S/C33H38F2N8O5/c1-20-16-42(23-17-47-18-23)11-12-43(20)26-4-6-28(40-32(26)46-2)39-29-14-25(37-19-38-29)21-3-5-27(22(13-21)15-36)48-24-7-9-41(10-8-24)33(45)30(44)31(34)35/h3-6,13-14,19-20,23-24,30-31,44H,7-12,16-18H2,1-2H3,(H,37,38,39,40)/t20-,30-/m0/s1. The van der Waals surface area contributed by atoms with Crippen LogP contribution in [-0.2, 0) is 9.53 Å². The minimum Gasteiger partial charge on any atom is -0.489 e. The Labute approximate surface area is 277 Å². The number of hydrogen-bond acceptors (Lipinski definition) is 12. The highest BCUT2D eigenvalue weighted by molar-refractivity contribution is 5.81. The maximum absolute atomic E-state index is 12.7. The van der Waals surface area contributed by atoms with E-state index in [9.17, 15) is 23.9 Å². The molecule has 2 N–H and O–H groups in total. The monoisotopic (exact) mass is 664 g/mol. The number of alkyl halides is 2. The summed E-state index contributed by atoms with van der Waals surface area (Å²) in [6, 6.07) is 13.7. The minimum absolute atomic E-state index is 0.167. The van der Waals surface area contributed by atoms with Crippen LogP contribution in [0.5, 0.6) is 11.6 Å². The third kappa shape index (κ3) is 7.25. The fourth-order valence-corrected chi connectivity index (χ4v) is 6.24. The van der Waals surface area contributed by atoms with E-state index in [1.807, 2.05) is 12.1 Å². The molecule has 3 aliphatic heterocycles. The summed E-state index contributed by atoms with van der Waals surface area (Å²) >= 11 is 0. The van der Waals surface area contributed by atoms with Gasteiger partial charge >= 0.3 is 0 Å². The molecule has 0 aliphatic carbocycles. The summed E-state index contributed by atoms with van der Waals surface area (Å²) in [4.78, 5) is 31.5. The topological polar surface area (TPSA) is 149 Å². The number of aliphatic hydroxyl groups is 1. The molecule has 5 heterocycles. The second-order valence-corrected chi connectivity index (χ2v) is 12.1. The van der Waals surface area contributed by atoms with Crippen LogP contribution in [0.15, 0.2) is 42.7 Å².